The molecule has 3 rings (SSSR count). The molecule has 0 bridgehead atoms. The van der Waals surface area contributed by atoms with Gasteiger partial charge in [0.1, 0.15) is 17.6 Å². The van der Waals surface area contributed by atoms with Crippen LogP contribution < -0.4 is 9.47 Å². The average Bonchev–Trinajstić information content (AvgIpc) is 2.80. The summed E-state index contributed by atoms with van der Waals surface area (Å²) in [5, 5.41) is 9.45. The summed E-state index contributed by atoms with van der Waals surface area (Å²) >= 11 is 24.2. The first-order chi connectivity index (χ1) is 16.8. The van der Waals surface area contributed by atoms with Gasteiger partial charge in [-0.05, 0) is 30.3 Å². The number of ketones is 1. The maximum Gasteiger partial charge on any atom is 0.416 e. The summed E-state index contributed by atoms with van der Waals surface area (Å²) in [5.41, 5.74) is -3.35. The smallest absolute Gasteiger partial charge is 0.416 e. The molecule has 0 fully saturated rings. The van der Waals surface area contributed by atoms with Gasteiger partial charge in [0.25, 0.3) is 5.60 Å². The molecule has 0 N–H and O–H groups in total. The lowest BCUT2D eigenvalue weighted by molar-refractivity contribution is -0.137. The minimum Gasteiger partial charge on any atom is -0.459 e. The van der Waals surface area contributed by atoms with Crippen molar-refractivity contribution in [2.75, 3.05) is 0 Å². The van der Waals surface area contributed by atoms with E-state index in [1.807, 2.05) is 6.07 Å². The van der Waals surface area contributed by atoms with Crippen LogP contribution in [0, 0.1) is 17.1 Å². The summed E-state index contributed by atoms with van der Waals surface area (Å²) in [5.74, 6) is -2.90. The van der Waals surface area contributed by atoms with Gasteiger partial charge in [-0.15, -0.1) is 0 Å². The fraction of sp³-hybridized carbons (Fsp3) is 0.167. The van der Waals surface area contributed by atoms with Gasteiger partial charge in [0.2, 0.25) is 0 Å². The molecule has 4 nitrogen and oxygen atoms in total. The zero-order valence-corrected chi connectivity index (χ0v) is 21.0. The molecule has 3 aromatic rings. The Kier molecular flexibility index (Phi) is 8.31. The lowest BCUT2D eigenvalue weighted by Gasteiger charge is -2.28. The van der Waals surface area contributed by atoms with Crippen LogP contribution in [0.3, 0.4) is 0 Å². The topological polar surface area (TPSA) is 59.3 Å². The van der Waals surface area contributed by atoms with E-state index in [-0.39, 0.29) is 38.6 Å². The molecular formula is C24H13Cl4F4NO3. The van der Waals surface area contributed by atoms with Gasteiger partial charge in [-0.25, -0.2) is 4.39 Å². The number of halogens is 8. The molecule has 0 aromatic heterocycles. The molecular weight excluding hydrogens is 568 g/mol. The summed E-state index contributed by atoms with van der Waals surface area (Å²) in [7, 11) is 0. The Hall–Kier alpha value is -2.70. The predicted octanol–water partition coefficient (Wildman–Crippen LogP) is 9.03. The van der Waals surface area contributed by atoms with Crippen molar-refractivity contribution in [3.63, 3.8) is 0 Å². The van der Waals surface area contributed by atoms with Gasteiger partial charge < -0.3 is 9.47 Å². The van der Waals surface area contributed by atoms with Crippen LogP contribution in [0.4, 0.5) is 17.6 Å². The zero-order valence-electron chi connectivity index (χ0n) is 18.0. The lowest BCUT2D eigenvalue weighted by atomic mass is 9.89. The molecule has 0 saturated heterocycles. The third-order valence-corrected chi connectivity index (χ3v) is 6.05. The second kappa shape index (κ2) is 10.7. The Morgan fingerprint density at radius 1 is 0.917 bits per heavy atom. The third kappa shape index (κ3) is 5.65. The van der Waals surface area contributed by atoms with E-state index in [0.29, 0.717) is 12.1 Å². The lowest BCUT2D eigenvalue weighted by Crippen LogP contribution is -2.40. The van der Waals surface area contributed by atoms with E-state index in [0.717, 1.165) is 18.2 Å². The molecule has 1 unspecified atom stereocenters. The Morgan fingerprint density at radius 2 is 1.58 bits per heavy atom. The molecule has 1 atom stereocenters. The van der Waals surface area contributed by atoms with Crippen molar-refractivity contribution >= 4 is 52.2 Å². The summed E-state index contributed by atoms with van der Waals surface area (Å²) < 4.78 is 64.5. The number of carbonyl (C=O) groups is 1. The maximum absolute atomic E-state index is 14.6. The highest BCUT2D eigenvalue weighted by Gasteiger charge is 2.44. The van der Waals surface area contributed by atoms with Crippen LogP contribution in [0.15, 0.2) is 48.5 Å². The number of hydrogen-bond acceptors (Lipinski definition) is 4. The van der Waals surface area contributed by atoms with E-state index in [1.165, 1.54) is 25.1 Å². The second-order valence-electron chi connectivity index (χ2n) is 7.25. The molecule has 0 spiro atoms. The van der Waals surface area contributed by atoms with Crippen LogP contribution in [-0.2, 0) is 16.6 Å². The summed E-state index contributed by atoms with van der Waals surface area (Å²) in [6, 6.07) is 9.80. The van der Waals surface area contributed by atoms with Crippen LogP contribution in [0.2, 0.25) is 20.1 Å². The van der Waals surface area contributed by atoms with E-state index in [2.05, 4.69) is 0 Å². The van der Waals surface area contributed by atoms with Gasteiger partial charge in [0.05, 0.1) is 20.6 Å². The second-order valence-corrected chi connectivity index (χ2v) is 8.91. The highest BCUT2D eigenvalue weighted by Crippen LogP contribution is 2.42. The van der Waals surface area contributed by atoms with Crippen molar-refractivity contribution in [1.29, 1.82) is 5.26 Å². The summed E-state index contributed by atoms with van der Waals surface area (Å²) in [6.07, 6.45) is -4.79. The quantitative estimate of drug-likeness (QED) is 0.262. The SMILES string of the molecule is CCC(=O)C(C#N)(Oc1cc(Oc2ccc(C(F)(F)F)cc2Cl)c(F)cc1Cl)c1ccc(Cl)cc1Cl. The van der Waals surface area contributed by atoms with Gasteiger partial charge in [-0.2, -0.15) is 18.4 Å². The number of benzene rings is 3. The van der Waals surface area contributed by atoms with Crippen molar-refractivity contribution in [2.45, 2.75) is 25.1 Å². The fourth-order valence-corrected chi connectivity index (χ4v) is 4.09. The molecule has 0 heterocycles. The fourth-order valence-electron chi connectivity index (χ4n) is 3.14. The summed E-state index contributed by atoms with van der Waals surface area (Å²) in [6.45, 7) is 1.50. The molecule has 12 heteroatoms. The van der Waals surface area contributed by atoms with E-state index in [1.54, 1.807) is 0 Å². The van der Waals surface area contributed by atoms with Crippen molar-refractivity contribution < 1.29 is 31.8 Å². The van der Waals surface area contributed by atoms with Crippen molar-refractivity contribution in [1.82, 2.24) is 0 Å². The van der Waals surface area contributed by atoms with E-state index >= 15 is 0 Å². The van der Waals surface area contributed by atoms with E-state index < -0.39 is 39.7 Å². The number of Topliss-reactive ketones (excluding diaryl/α,β-unsaturated/α-hetero) is 1. The molecule has 36 heavy (non-hydrogen) atoms. The minimum atomic E-state index is -4.65. The predicted molar refractivity (Wildman–Crippen MR) is 128 cm³/mol. The van der Waals surface area contributed by atoms with Gasteiger partial charge in [0, 0.05) is 29.1 Å². The van der Waals surface area contributed by atoms with Gasteiger partial charge >= 0.3 is 6.18 Å². The Morgan fingerprint density at radius 3 is 2.14 bits per heavy atom. The molecule has 0 aliphatic carbocycles. The molecule has 0 amide bonds. The first-order valence-electron chi connectivity index (χ1n) is 9.95. The van der Waals surface area contributed by atoms with Crippen LogP contribution >= 0.6 is 46.4 Å². The third-order valence-electron chi connectivity index (χ3n) is 4.91. The molecule has 3 aromatic carbocycles. The largest absolute Gasteiger partial charge is 0.459 e. The number of nitriles is 1. The monoisotopic (exact) mass is 579 g/mol. The first-order valence-corrected chi connectivity index (χ1v) is 11.5. The van der Waals surface area contributed by atoms with Gasteiger partial charge in [0.15, 0.2) is 17.3 Å². The maximum atomic E-state index is 14.6. The van der Waals surface area contributed by atoms with E-state index in [9.17, 15) is 27.6 Å². The Balaban J connectivity index is 2.07. The number of nitrogens with zero attached hydrogens (tertiary/aromatic N) is 1. The van der Waals surface area contributed by atoms with Crippen LogP contribution in [-0.4, -0.2) is 5.78 Å². The van der Waals surface area contributed by atoms with Gasteiger partial charge in [-0.1, -0.05) is 59.4 Å². The highest BCUT2D eigenvalue weighted by molar-refractivity contribution is 6.35. The number of rotatable bonds is 7. The number of ether oxygens (including phenoxy) is 2. The van der Waals surface area contributed by atoms with Crippen LogP contribution in [0.1, 0.15) is 24.5 Å². The van der Waals surface area contributed by atoms with Crippen LogP contribution in [0.25, 0.3) is 0 Å². The average molecular weight is 581 g/mol. The van der Waals surface area contributed by atoms with Gasteiger partial charge in [-0.3, -0.25) is 4.79 Å². The van der Waals surface area contributed by atoms with Crippen molar-refractivity contribution in [3.05, 3.63) is 85.6 Å². The van der Waals surface area contributed by atoms with E-state index in [4.69, 9.17) is 55.9 Å². The molecule has 0 radical (unpaired) electrons. The number of carbonyl (C=O) groups excluding carboxylic acids is 1. The summed E-state index contributed by atoms with van der Waals surface area (Å²) in [4.78, 5) is 12.9. The zero-order chi connectivity index (χ0) is 26.8. The molecule has 0 aliphatic rings. The number of alkyl halides is 3. The highest BCUT2D eigenvalue weighted by atomic mass is 35.5. The normalized spacial score (nSPS) is 13.0. The molecule has 0 saturated carbocycles. The van der Waals surface area contributed by atoms with Crippen molar-refractivity contribution in [3.8, 4) is 23.3 Å². The van der Waals surface area contributed by atoms with Crippen LogP contribution in [0.5, 0.6) is 17.2 Å². The van der Waals surface area contributed by atoms with Crippen molar-refractivity contribution in [2.24, 2.45) is 0 Å². The minimum absolute atomic E-state index is 0.0310. The Bertz CT molecular complexity index is 1370. The number of hydrogen-bond donors (Lipinski definition) is 0. The first kappa shape index (κ1) is 27.9. The standard InChI is InChI=1S/C24H13Cl4F4NO3/c1-2-22(34)23(11-33,14-5-4-13(25)8-15(14)26)36-20-10-21(18(29)9-17(20)28)35-19-6-3-12(7-16(19)27)24(30,31)32/h3-10H,2H2,1H3. The molecule has 0 aliphatic heterocycles. The Labute approximate surface area is 222 Å². The molecule has 188 valence electrons.